The van der Waals surface area contributed by atoms with Gasteiger partial charge in [0.25, 0.3) is 5.91 Å². The molecule has 1 aromatic heterocycles. The van der Waals surface area contributed by atoms with Crippen molar-refractivity contribution in [1.29, 1.82) is 0 Å². The van der Waals surface area contributed by atoms with E-state index in [0.29, 0.717) is 11.8 Å². The number of quaternary nitrogens is 1. The van der Waals surface area contributed by atoms with E-state index in [1.54, 1.807) is 18.4 Å². The summed E-state index contributed by atoms with van der Waals surface area (Å²) in [6, 6.07) is 6.33. The Morgan fingerprint density at radius 2 is 1.90 bits per heavy atom. The van der Waals surface area contributed by atoms with Crippen molar-refractivity contribution >= 4 is 5.91 Å². The predicted octanol–water partition coefficient (Wildman–Crippen LogP) is 1.14. The number of piperidine rings is 2. The lowest BCUT2D eigenvalue weighted by atomic mass is 9.81. The Labute approximate surface area is 119 Å². The van der Waals surface area contributed by atoms with Gasteiger partial charge in [-0.25, -0.2) is 0 Å². The van der Waals surface area contributed by atoms with E-state index in [9.17, 15) is 4.79 Å². The number of amides is 1. The maximum absolute atomic E-state index is 12.1. The highest BCUT2D eigenvalue weighted by molar-refractivity contribution is 5.91. The molecule has 4 rings (SSSR count). The number of carbonyl (C=O) groups excluding carboxylic acids is 1. The number of hydrogen-bond acceptors (Lipinski definition) is 2. The number of hydrogen-bond donors (Lipinski definition) is 2. The van der Waals surface area contributed by atoms with Crippen LogP contribution in [0.2, 0.25) is 0 Å². The standard InChI is InChI=1S/C16H22N2O2/c19-16(15-5-2-8-20-15)17-11-9-13-3-1-4-14(10-11)18(13)12-6-7-12/h2,5,8,11-14H,1,3-4,6-7,9-10H2,(H,17,19)/p+1/t11?,13-,14+. The molecular weight excluding hydrogens is 252 g/mol. The summed E-state index contributed by atoms with van der Waals surface area (Å²) >= 11 is 0. The molecule has 0 aromatic carbocycles. The van der Waals surface area contributed by atoms with Crippen LogP contribution in [0.3, 0.4) is 0 Å². The zero-order valence-corrected chi connectivity index (χ0v) is 11.8. The third-order valence-electron chi connectivity index (χ3n) is 5.31. The smallest absolute Gasteiger partial charge is 0.287 e. The molecule has 3 heterocycles. The Kier molecular flexibility index (Phi) is 3.06. The van der Waals surface area contributed by atoms with Crippen LogP contribution in [0.5, 0.6) is 0 Å². The van der Waals surface area contributed by atoms with Crippen molar-refractivity contribution in [2.24, 2.45) is 0 Å². The van der Waals surface area contributed by atoms with Gasteiger partial charge in [-0.05, 0) is 31.4 Å². The van der Waals surface area contributed by atoms with Crippen molar-refractivity contribution < 1.29 is 14.1 Å². The van der Waals surface area contributed by atoms with E-state index >= 15 is 0 Å². The molecule has 2 aliphatic heterocycles. The molecule has 1 aliphatic carbocycles. The fourth-order valence-electron chi connectivity index (χ4n) is 4.43. The molecule has 2 unspecified atom stereocenters. The van der Waals surface area contributed by atoms with Gasteiger partial charge in [0.2, 0.25) is 0 Å². The summed E-state index contributed by atoms with van der Waals surface area (Å²) in [5, 5.41) is 3.18. The summed E-state index contributed by atoms with van der Waals surface area (Å²) in [4.78, 5) is 14.0. The molecule has 4 atom stereocenters. The van der Waals surface area contributed by atoms with Crippen LogP contribution in [0.4, 0.5) is 0 Å². The van der Waals surface area contributed by atoms with Crippen LogP contribution >= 0.6 is 0 Å². The van der Waals surface area contributed by atoms with E-state index in [4.69, 9.17) is 4.42 Å². The highest BCUT2D eigenvalue weighted by Crippen LogP contribution is 2.27. The van der Waals surface area contributed by atoms with E-state index < -0.39 is 0 Å². The molecule has 2 saturated heterocycles. The van der Waals surface area contributed by atoms with Gasteiger partial charge in [0.05, 0.1) is 24.4 Å². The van der Waals surface area contributed by atoms with E-state index in [1.807, 2.05) is 4.90 Å². The SMILES string of the molecule is O=C(NC1C[C@H]2CCC[C@@H](C1)[NH+]2C1CC1)c1ccco1. The Bertz CT molecular complexity index is 467. The minimum Gasteiger partial charge on any atom is -0.459 e. The zero-order valence-electron chi connectivity index (χ0n) is 11.8. The van der Waals surface area contributed by atoms with Crippen LogP contribution in [-0.4, -0.2) is 30.1 Å². The van der Waals surface area contributed by atoms with Crippen LogP contribution in [0, 0.1) is 0 Å². The van der Waals surface area contributed by atoms with Crippen LogP contribution in [0.15, 0.2) is 22.8 Å². The van der Waals surface area contributed by atoms with Gasteiger partial charge in [0.1, 0.15) is 0 Å². The van der Waals surface area contributed by atoms with Gasteiger partial charge in [-0.3, -0.25) is 4.79 Å². The number of rotatable bonds is 3. The second-order valence-corrected chi connectivity index (χ2v) is 6.72. The molecule has 2 bridgehead atoms. The molecule has 2 N–H and O–H groups in total. The monoisotopic (exact) mass is 275 g/mol. The van der Waals surface area contributed by atoms with Crippen LogP contribution in [0.1, 0.15) is 55.5 Å². The van der Waals surface area contributed by atoms with Crippen molar-refractivity contribution in [2.45, 2.75) is 69.1 Å². The normalized spacial score (nSPS) is 36.6. The van der Waals surface area contributed by atoms with Gasteiger partial charge in [0, 0.05) is 31.7 Å². The largest absolute Gasteiger partial charge is 0.459 e. The van der Waals surface area contributed by atoms with E-state index in [-0.39, 0.29) is 5.91 Å². The molecule has 0 radical (unpaired) electrons. The number of carbonyl (C=O) groups is 1. The van der Waals surface area contributed by atoms with Gasteiger partial charge in [0.15, 0.2) is 5.76 Å². The molecule has 3 fully saturated rings. The molecule has 20 heavy (non-hydrogen) atoms. The summed E-state index contributed by atoms with van der Waals surface area (Å²) < 4.78 is 5.18. The Morgan fingerprint density at radius 1 is 1.15 bits per heavy atom. The van der Waals surface area contributed by atoms with Crippen molar-refractivity contribution in [3.8, 4) is 0 Å². The van der Waals surface area contributed by atoms with Gasteiger partial charge >= 0.3 is 0 Å². The quantitative estimate of drug-likeness (QED) is 0.869. The summed E-state index contributed by atoms with van der Waals surface area (Å²) in [7, 11) is 0. The first-order valence-electron chi connectivity index (χ1n) is 8.02. The fourth-order valence-corrected chi connectivity index (χ4v) is 4.43. The average Bonchev–Trinajstić information content (AvgIpc) is 3.11. The molecule has 0 spiro atoms. The second-order valence-electron chi connectivity index (χ2n) is 6.72. The first kappa shape index (κ1) is 12.5. The molecule has 108 valence electrons. The zero-order chi connectivity index (χ0) is 13.5. The van der Waals surface area contributed by atoms with Gasteiger partial charge in [-0.1, -0.05) is 0 Å². The molecule has 4 heteroatoms. The lowest BCUT2D eigenvalue weighted by Gasteiger charge is -2.46. The van der Waals surface area contributed by atoms with Gasteiger partial charge in [-0.15, -0.1) is 0 Å². The lowest BCUT2D eigenvalue weighted by Crippen LogP contribution is -3.22. The number of furan rings is 1. The molecule has 4 nitrogen and oxygen atoms in total. The lowest BCUT2D eigenvalue weighted by molar-refractivity contribution is -0.971. The topological polar surface area (TPSA) is 46.7 Å². The minimum absolute atomic E-state index is 0.0482. The second kappa shape index (κ2) is 4.92. The van der Waals surface area contributed by atoms with E-state index in [1.165, 1.54) is 32.1 Å². The van der Waals surface area contributed by atoms with E-state index in [2.05, 4.69) is 5.32 Å². The Hall–Kier alpha value is -1.29. The first-order valence-corrected chi connectivity index (χ1v) is 8.02. The fraction of sp³-hybridized carbons (Fsp3) is 0.688. The van der Waals surface area contributed by atoms with Crippen molar-refractivity contribution in [3.05, 3.63) is 24.2 Å². The highest BCUT2D eigenvalue weighted by atomic mass is 16.3. The molecule has 1 saturated carbocycles. The summed E-state index contributed by atoms with van der Waals surface area (Å²) in [6.07, 6.45) is 10.8. The Morgan fingerprint density at radius 3 is 2.50 bits per heavy atom. The highest BCUT2D eigenvalue weighted by Gasteiger charge is 2.49. The maximum Gasteiger partial charge on any atom is 0.287 e. The molecule has 1 aromatic rings. The van der Waals surface area contributed by atoms with Crippen LogP contribution in [0.25, 0.3) is 0 Å². The van der Waals surface area contributed by atoms with Crippen LogP contribution in [-0.2, 0) is 0 Å². The molecular formula is C16H23N2O2+. The number of fused-ring (bicyclic) bond motifs is 2. The van der Waals surface area contributed by atoms with Crippen molar-refractivity contribution in [2.75, 3.05) is 0 Å². The summed E-state index contributed by atoms with van der Waals surface area (Å²) in [5.74, 6) is 0.389. The Balaban J connectivity index is 1.42. The van der Waals surface area contributed by atoms with E-state index in [0.717, 1.165) is 31.0 Å². The van der Waals surface area contributed by atoms with Gasteiger partial charge < -0.3 is 14.6 Å². The van der Waals surface area contributed by atoms with Crippen molar-refractivity contribution in [1.82, 2.24) is 5.32 Å². The average molecular weight is 275 g/mol. The van der Waals surface area contributed by atoms with Crippen LogP contribution < -0.4 is 10.2 Å². The predicted molar refractivity (Wildman–Crippen MR) is 74.6 cm³/mol. The molecule has 1 amide bonds. The van der Waals surface area contributed by atoms with Crippen molar-refractivity contribution in [3.63, 3.8) is 0 Å². The van der Waals surface area contributed by atoms with Gasteiger partial charge in [-0.2, -0.15) is 0 Å². The first-order chi connectivity index (χ1) is 9.81. The summed E-state index contributed by atoms with van der Waals surface area (Å²) in [6.45, 7) is 0. The maximum atomic E-state index is 12.1. The molecule has 3 aliphatic rings. The third kappa shape index (κ3) is 2.26. The third-order valence-corrected chi connectivity index (χ3v) is 5.31. The minimum atomic E-state index is -0.0482. The summed E-state index contributed by atoms with van der Waals surface area (Å²) in [5.41, 5.74) is 0. The number of nitrogens with one attached hydrogen (secondary N) is 2.